The first-order valence-corrected chi connectivity index (χ1v) is 9.92. The number of guanidine groups is 1. The van der Waals surface area contributed by atoms with Crippen LogP contribution in [0.2, 0.25) is 0 Å². The number of hydrogen-bond acceptors (Lipinski definition) is 5. The quantitative estimate of drug-likeness (QED) is 0.540. The first-order chi connectivity index (χ1) is 13.2. The Balaban J connectivity index is 1.47. The minimum Gasteiger partial charge on any atom is -0.497 e. The van der Waals surface area contributed by atoms with Crippen LogP contribution in [0.1, 0.15) is 6.92 Å². The van der Waals surface area contributed by atoms with Crippen molar-refractivity contribution in [1.82, 2.24) is 20.0 Å². The van der Waals surface area contributed by atoms with Gasteiger partial charge in [-0.1, -0.05) is 0 Å². The lowest BCUT2D eigenvalue weighted by Crippen LogP contribution is -2.62. The Morgan fingerprint density at radius 3 is 2.48 bits per heavy atom. The van der Waals surface area contributed by atoms with E-state index in [1.54, 1.807) is 7.11 Å². The number of aliphatic imine (C=N–C) groups is 1. The van der Waals surface area contributed by atoms with Gasteiger partial charge in [0.05, 0.1) is 20.2 Å². The van der Waals surface area contributed by atoms with Gasteiger partial charge in [-0.05, 0) is 31.2 Å². The zero-order valence-corrected chi connectivity index (χ0v) is 16.9. The molecule has 150 valence electrons. The van der Waals surface area contributed by atoms with Gasteiger partial charge in [0.1, 0.15) is 18.1 Å². The van der Waals surface area contributed by atoms with E-state index in [1.807, 2.05) is 24.3 Å². The second-order valence-corrected chi connectivity index (χ2v) is 7.13. The average molecular weight is 376 g/mol. The second-order valence-electron chi connectivity index (χ2n) is 7.13. The molecule has 0 radical (unpaired) electrons. The number of nitrogens with one attached hydrogen (secondary N) is 1. The average Bonchev–Trinajstić information content (AvgIpc) is 2.72. The van der Waals surface area contributed by atoms with Crippen molar-refractivity contribution in [2.75, 3.05) is 73.1 Å². The molecule has 0 spiro atoms. The van der Waals surface area contributed by atoms with Crippen molar-refractivity contribution in [3.8, 4) is 11.5 Å². The van der Waals surface area contributed by atoms with Gasteiger partial charge in [-0.3, -0.25) is 14.8 Å². The van der Waals surface area contributed by atoms with Crippen LogP contribution in [0.5, 0.6) is 11.5 Å². The van der Waals surface area contributed by atoms with Gasteiger partial charge in [-0.25, -0.2) is 0 Å². The Hall–Kier alpha value is -1.99. The number of likely N-dealkylation sites (N-methyl/N-ethyl adjacent to an activating group) is 1. The summed E-state index contributed by atoms with van der Waals surface area (Å²) in [6.07, 6.45) is 0. The van der Waals surface area contributed by atoms with Gasteiger partial charge in [0.15, 0.2) is 5.96 Å². The smallest absolute Gasteiger partial charge is 0.193 e. The Kier molecular flexibility index (Phi) is 7.18. The topological polar surface area (TPSA) is 52.6 Å². The van der Waals surface area contributed by atoms with Crippen molar-refractivity contribution in [3.63, 3.8) is 0 Å². The van der Waals surface area contributed by atoms with Crippen molar-refractivity contribution in [2.45, 2.75) is 13.0 Å². The molecule has 1 aromatic rings. The highest BCUT2D eigenvalue weighted by atomic mass is 16.5. The molecule has 0 saturated carbocycles. The predicted octanol–water partition coefficient (Wildman–Crippen LogP) is 0.971. The number of hydrogen-bond donors (Lipinski definition) is 1. The lowest BCUT2D eigenvalue weighted by molar-refractivity contribution is 0.0173. The lowest BCUT2D eigenvalue weighted by atomic mass is 10.1. The van der Waals surface area contributed by atoms with E-state index in [-0.39, 0.29) is 0 Å². The summed E-state index contributed by atoms with van der Waals surface area (Å²) in [7, 11) is 3.73. The third-order valence-corrected chi connectivity index (χ3v) is 5.30. The van der Waals surface area contributed by atoms with E-state index >= 15 is 0 Å². The fraction of sp³-hybridized carbons (Fsp3) is 0.650. The highest BCUT2D eigenvalue weighted by Crippen LogP contribution is 2.17. The van der Waals surface area contributed by atoms with E-state index in [4.69, 9.17) is 14.5 Å². The molecule has 7 nitrogen and oxygen atoms in total. The number of rotatable bonds is 8. The molecule has 3 aliphatic heterocycles. The zero-order valence-electron chi connectivity index (χ0n) is 16.9. The highest BCUT2D eigenvalue weighted by Gasteiger charge is 2.31. The van der Waals surface area contributed by atoms with E-state index in [0.717, 1.165) is 43.6 Å². The van der Waals surface area contributed by atoms with Crippen LogP contribution in [0.4, 0.5) is 0 Å². The van der Waals surface area contributed by atoms with Crippen LogP contribution < -0.4 is 14.8 Å². The minimum absolute atomic E-state index is 0.546. The zero-order chi connectivity index (χ0) is 19.1. The standard InChI is InChI=1S/C20H33N5O2/c1-4-21-20(22-15-17-16-24-9-11-25(17)12-10-24)23(2)13-14-27-19-7-5-18(26-3)6-8-19/h5-8,17H,4,9-16H2,1-3H3,(H,21,22). The van der Waals surface area contributed by atoms with Crippen LogP contribution >= 0.6 is 0 Å². The van der Waals surface area contributed by atoms with Crippen molar-refractivity contribution >= 4 is 5.96 Å². The normalized spacial score (nSPS) is 24.6. The molecular formula is C20H33N5O2. The van der Waals surface area contributed by atoms with E-state index in [9.17, 15) is 0 Å². The van der Waals surface area contributed by atoms with Crippen LogP contribution in [0.15, 0.2) is 29.3 Å². The molecule has 0 aliphatic carbocycles. The number of ether oxygens (including phenoxy) is 2. The van der Waals surface area contributed by atoms with E-state index < -0.39 is 0 Å². The Bertz CT molecular complexity index is 599. The first kappa shape index (κ1) is 19.8. The van der Waals surface area contributed by atoms with Crippen molar-refractivity contribution in [2.24, 2.45) is 4.99 Å². The second kappa shape index (κ2) is 9.80. The van der Waals surface area contributed by atoms with Crippen LogP contribution in [-0.4, -0.2) is 99.8 Å². The third-order valence-electron chi connectivity index (χ3n) is 5.30. The maximum Gasteiger partial charge on any atom is 0.193 e. The van der Waals surface area contributed by atoms with Crippen LogP contribution in [0.25, 0.3) is 0 Å². The van der Waals surface area contributed by atoms with Gasteiger partial charge in [0.2, 0.25) is 0 Å². The lowest BCUT2D eigenvalue weighted by Gasteiger charge is -2.47. The van der Waals surface area contributed by atoms with Gasteiger partial charge < -0.3 is 19.7 Å². The van der Waals surface area contributed by atoms with E-state index in [1.165, 1.54) is 26.2 Å². The first-order valence-electron chi connectivity index (χ1n) is 9.92. The summed E-state index contributed by atoms with van der Waals surface area (Å²) in [5, 5.41) is 3.40. The third kappa shape index (κ3) is 5.49. The Morgan fingerprint density at radius 2 is 1.89 bits per heavy atom. The van der Waals surface area contributed by atoms with E-state index in [2.05, 4.69) is 34.0 Å². The fourth-order valence-electron chi connectivity index (χ4n) is 3.64. The molecule has 1 aromatic carbocycles. The monoisotopic (exact) mass is 375 g/mol. The number of benzene rings is 1. The molecule has 3 saturated heterocycles. The number of fused-ring (bicyclic) bond motifs is 3. The number of piperazine rings is 3. The molecule has 0 aromatic heterocycles. The predicted molar refractivity (Wildman–Crippen MR) is 109 cm³/mol. The molecule has 0 amide bonds. The van der Waals surface area contributed by atoms with Gasteiger partial charge >= 0.3 is 0 Å². The van der Waals surface area contributed by atoms with Gasteiger partial charge in [0.25, 0.3) is 0 Å². The van der Waals surface area contributed by atoms with Crippen molar-refractivity contribution in [1.29, 1.82) is 0 Å². The summed E-state index contributed by atoms with van der Waals surface area (Å²) in [5.74, 6) is 2.64. The summed E-state index contributed by atoms with van der Waals surface area (Å²) >= 11 is 0. The van der Waals surface area contributed by atoms with Crippen LogP contribution in [0.3, 0.4) is 0 Å². The summed E-state index contributed by atoms with van der Waals surface area (Å²) in [6, 6.07) is 8.23. The van der Waals surface area contributed by atoms with Crippen LogP contribution in [0, 0.1) is 0 Å². The Morgan fingerprint density at radius 1 is 1.19 bits per heavy atom. The molecule has 27 heavy (non-hydrogen) atoms. The summed E-state index contributed by atoms with van der Waals surface area (Å²) in [5.41, 5.74) is 0. The van der Waals surface area contributed by atoms with Crippen molar-refractivity contribution in [3.05, 3.63) is 24.3 Å². The highest BCUT2D eigenvalue weighted by molar-refractivity contribution is 5.79. The molecule has 7 heteroatoms. The maximum atomic E-state index is 5.84. The summed E-state index contributed by atoms with van der Waals surface area (Å²) < 4.78 is 11.0. The van der Waals surface area contributed by atoms with E-state index in [0.29, 0.717) is 12.6 Å². The van der Waals surface area contributed by atoms with Gasteiger partial charge in [0, 0.05) is 52.4 Å². The summed E-state index contributed by atoms with van der Waals surface area (Å²) in [6.45, 7) is 11.1. The summed E-state index contributed by atoms with van der Waals surface area (Å²) in [4.78, 5) is 12.2. The van der Waals surface area contributed by atoms with Crippen LogP contribution in [-0.2, 0) is 0 Å². The van der Waals surface area contributed by atoms with Crippen molar-refractivity contribution < 1.29 is 9.47 Å². The Labute approximate surface area is 162 Å². The maximum absolute atomic E-state index is 5.84. The number of nitrogens with zero attached hydrogens (tertiary/aromatic N) is 4. The molecule has 1 N–H and O–H groups in total. The molecule has 3 fully saturated rings. The largest absolute Gasteiger partial charge is 0.497 e. The SMILES string of the molecule is CCNC(=NCC1CN2CCN1CC2)N(C)CCOc1ccc(OC)cc1. The van der Waals surface area contributed by atoms with Gasteiger partial charge in [-0.2, -0.15) is 0 Å². The molecule has 2 bridgehead atoms. The minimum atomic E-state index is 0.546. The molecular weight excluding hydrogens is 342 g/mol. The van der Waals surface area contributed by atoms with Gasteiger partial charge in [-0.15, -0.1) is 0 Å². The molecule has 1 unspecified atom stereocenters. The fourth-order valence-corrected chi connectivity index (χ4v) is 3.64. The molecule has 3 aliphatic rings. The molecule has 4 rings (SSSR count). The molecule has 3 heterocycles. The molecule has 1 atom stereocenters. The number of methoxy groups -OCH3 is 1.